The van der Waals surface area contributed by atoms with Crippen molar-refractivity contribution in [3.8, 4) is 6.07 Å². The molecule has 0 radical (unpaired) electrons. The highest BCUT2D eigenvalue weighted by Crippen LogP contribution is 2.41. The van der Waals surface area contributed by atoms with Crippen LogP contribution < -0.4 is 5.73 Å². The van der Waals surface area contributed by atoms with Gasteiger partial charge in [-0.15, -0.1) is 0 Å². The summed E-state index contributed by atoms with van der Waals surface area (Å²) >= 11 is 3.55. The summed E-state index contributed by atoms with van der Waals surface area (Å²) in [5, 5.41) is 11.7. The van der Waals surface area contributed by atoms with Crippen molar-refractivity contribution < 1.29 is 14.3 Å². The molecule has 2 aromatic carbocycles. The normalized spacial score (nSPS) is 17.1. The van der Waals surface area contributed by atoms with Gasteiger partial charge in [-0.05, 0) is 42.3 Å². The number of allylic oxidation sites excluding steroid dienone is 2. The van der Waals surface area contributed by atoms with E-state index in [2.05, 4.69) is 22.0 Å². The Hall–Kier alpha value is -2.78. The first-order valence-corrected chi connectivity index (χ1v) is 8.90. The molecule has 1 aliphatic heterocycles. The van der Waals surface area contributed by atoms with Crippen LogP contribution in [0.3, 0.4) is 0 Å². The highest BCUT2D eigenvalue weighted by molar-refractivity contribution is 9.10. The fourth-order valence-electron chi connectivity index (χ4n) is 3.12. The van der Waals surface area contributed by atoms with E-state index in [-0.39, 0.29) is 18.1 Å². The number of nitriles is 1. The maximum absolute atomic E-state index is 12.5. The minimum absolute atomic E-state index is 0.00951. The van der Waals surface area contributed by atoms with Crippen LogP contribution in [0.25, 0.3) is 10.8 Å². The number of halogens is 1. The smallest absolute Gasteiger partial charge is 0.338 e. The number of esters is 1. The van der Waals surface area contributed by atoms with Crippen molar-refractivity contribution in [3.05, 3.63) is 69.2 Å². The maximum Gasteiger partial charge on any atom is 0.338 e. The Balaban J connectivity index is 2.23. The molecule has 0 bridgehead atoms. The lowest BCUT2D eigenvalue weighted by molar-refractivity contribution is -0.139. The molecular formula is C20H17BrN2O3. The monoisotopic (exact) mass is 412 g/mol. The van der Waals surface area contributed by atoms with Gasteiger partial charge in [0.15, 0.2) is 0 Å². The zero-order chi connectivity index (χ0) is 18.8. The third-order valence-corrected chi connectivity index (χ3v) is 4.98. The summed E-state index contributed by atoms with van der Waals surface area (Å²) in [5.74, 6) is -0.792. The van der Waals surface area contributed by atoms with Crippen molar-refractivity contribution in [2.45, 2.75) is 19.8 Å². The number of benzene rings is 2. The summed E-state index contributed by atoms with van der Waals surface area (Å²) in [6, 6.07) is 13.8. The molecule has 0 amide bonds. The van der Waals surface area contributed by atoms with Gasteiger partial charge >= 0.3 is 5.97 Å². The lowest BCUT2D eigenvalue weighted by Gasteiger charge is -2.27. The summed E-state index contributed by atoms with van der Waals surface area (Å²) in [5.41, 5.74) is 7.19. The quantitative estimate of drug-likeness (QED) is 0.761. The fourth-order valence-corrected chi connectivity index (χ4v) is 3.62. The fraction of sp³-hybridized carbons (Fsp3) is 0.200. The van der Waals surface area contributed by atoms with E-state index >= 15 is 0 Å². The topological polar surface area (TPSA) is 85.3 Å². The van der Waals surface area contributed by atoms with Crippen LogP contribution >= 0.6 is 15.9 Å². The van der Waals surface area contributed by atoms with Crippen molar-refractivity contribution in [2.75, 3.05) is 6.61 Å². The predicted octanol–water partition coefficient (Wildman–Crippen LogP) is 4.25. The number of ether oxygens (including phenoxy) is 2. The molecule has 6 heteroatoms. The molecule has 0 spiro atoms. The number of carbonyl (C=O) groups is 1. The number of carbonyl (C=O) groups excluding carboxylic acids is 1. The number of hydrogen-bond acceptors (Lipinski definition) is 5. The summed E-state index contributed by atoms with van der Waals surface area (Å²) in [7, 11) is 0. The molecule has 0 saturated heterocycles. The molecule has 5 nitrogen and oxygen atoms in total. The van der Waals surface area contributed by atoms with Crippen LogP contribution in [0.2, 0.25) is 0 Å². The van der Waals surface area contributed by atoms with Crippen molar-refractivity contribution >= 4 is 32.7 Å². The van der Waals surface area contributed by atoms with E-state index in [1.54, 1.807) is 13.8 Å². The molecule has 3 rings (SSSR count). The lowest BCUT2D eigenvalue weighted by atomic mass is 9.82. The van der Waals surface area contributed by atoms with Crippen LogP contribution in [-0.4, -0.2) is 12.6 Å². The van der Waals surface area contributed by atoms with E-state index in [9.17, 15) is 10.1 Å². The number of rotatable bonds is 3. The van der Waals surface area contributed by atoms with Crippen LogP contribution in [0, 0.1) is 11.3 Å². The van der Waals surface area contributed by atoms with Gasteiger partial charge in [0.05, 0.1) is 18.1 Å². The van der Waals surface area contributed by atoms with E-state index in [0.29, 0.717) is 11.3 Å². The molecule has 0 saturated carbocycles. The molecule has 132 valence electrons. The van der Waals surface area contributed by atoms with Gasteiger partial charge in [-0.2, -0.15) is 5.26 Å². The Kier molecular flexibility index (Phi) is 5.01. The molecule has 0 aliphatic carbocycles. The van der Waals surface area contributed by atoms with E-state index in [0.717, 1.165) is 20.8 Å². The van der Waals surface area contributed by atoms with Gasteiger partial charge in [0.2, 0.25) is 5.88 Å². The van der Waals surface area contributed by atoms with E-state index in [4.69, 9.17) is 15.2 Å². The number of hydrogen-bond donors (Lipinski definition) is 1. The number of fused-ring (bicyclic) bond motifs is 1. The first-order chi connectivity index (χ1) is 12.5. The summed E-state index contributed by atoms with van der Waals surface area (Å²) in [6.07, 6.45) is 0. The van der Waals surface area contributed by atoms with Crippen molar-refractivity contribution in [1.82, 2.24) is 0 Å². The zero-order valence-electron chi connectivity index (χ0n) is 14.4. The maximum atomic E-state index is 12.5. The molecule has 26 heavy (non-hydrogen) atoms. The Morgan fingerprint density at radius 1 is 1.38 bits per heavy atom. The zero-order valence-corrected chi connectivity index (χ0v) is 16.0. The summed E-state index contributed by atoms with van der Waals surface area (Å²) < 4.78 is 11.5. The third-order valence-electron chi connectivity index (χ3n) is 4.29. The van der Waals surface area contributed by atoms with Crippen molar-refractivity contribution in [3.63, 3.8) is 0 Å². The Morgan fingerprint density at radius 3 is 2.85 bits per heavy atom. The van der Waals surface area contributed by atoms with E-state index in [1.807, 2.05) is 36.4 Å². The second kappa shape index (κ2) is 7.22. The highest BCUT2D eigenvalue weighted by atomic mass is 79.9. The average Bonchev–Trinajstić information content (AvgIpc) is 2.61. The SMILES string of the molecule is CCOC(=O)C1=C(C)OC(N)=C(C#N)C1c1ccc2cccc(Br)c2c1. The van der Waals surface area contributed by atoms with Gasteiger partial charge in [0, 0.05) is 4.47 Å². The molecule has 2 N–H and O–H groups in total. The van der Waals surface area contributed by atoms with Gasteiger partial charge in [-0.1, -0.05) is 40.2 Å². The first kappa shape index (κ1) is 18.0. The highest BCUT2D eigenvalue weighted by Gasteiger charge is 2.36. The Labute approximate surface area is 159 Å². The minimum atomic E-state index is -0.635. The summed E-state index contributed by atoms with van der Waals surface area (Å²) in [4.78, 5) is 12.5. The molecule has 0 aromatic heterocycles. The predicted molar refractivity (Wildman–Crippen MR) is 102 cm³/mol. The molecule has 1 atom stereocenters. The van der Waals surface area contributed by atoms with E-state index < -0.39 is 11.9 Å². The second-order valence-corrected chi connectivity index (χ2v) is 6.69. The molecule has 1 unspecified atom stereocenters. The standard InChI is InChI=1S/C20H17BrN2O3/c1-3-25-20(24)17-11(2)26-19(23)15(10-22)18(17)13-8-7-12-5-4-6-16(21)14(12)9-13/h4-9,18H,3,23H2,1-2H3. The molecule has 1 heterocycles. The average molecular weight is 413 g/mol. The van der Waals surface area contributed by atoms with Crippen LogP contribution in [0.15, 0.2) is 63.7 Å². The Bertz CT molecular complexity index is 1000. The minimum Gasteiger partial charge on any atom is -0.463 e. The number of nitrogens with two attached hydrogens (primary N) is 1. The first-order valence-electron chi connectivity index (χ1n) is 8.11. The van der Waals surface area contributed by atoms with Crippen LogP contribution in [0.4, 0.5) is 0 Å². The number of nitrogens with zero attached hydrogens (tertiary/aromatic N) is 1. The molecule has 0 fully saturated rings. The van der Waals surface area contributed by atoms with E-state index in [1.165, 1.54) is 0 Å². The molecule has 2 aromatic rings. The molecule has 1 aliphatic rings. The van der Waals surface area contributed by atoms with Gasteiger partial charge in [0.25, 0.3) is 0 Å². The second-order valence-electron chi connectivity index (χ2n) is 5.84. The van der Waals surface area contributed by atoms with Gasteiger partial charge < -0.3 is 15.2 Å². The summed E-state index contributed by atoms with van der Waals surface area (Å²) in [6.45, 7) is 3.61. The van der Waals surface area contributed by atoms with Crippen molar-refractivity contribution in [1.29, 1.82) is 5.26 Å². The van der Waals surface area contributed by atoms with Crippen molar-refractivity contribution in [2.24, 2.45) is 5.73 Å². The van der Waals surface area contributed by atoms with Gasteiger partial charge in [-0.3, -0.25) is 0 Å². The largest absolute Gasteiger partial charge is 0.463 e. The van der Waals surface area contributed by atoms with Gasteiger partial charge in [0.1, 0.15) is 17.4 Å². The Morgan fingerprint density at radius 2 is 2.15 bits per heavy atom. The van der Waals surface area contributed by atoms with Crippen LogP contribution in [0.5, 0.6) is 0 Å². The lowest BCUT2D eigenvalue weighted by Crippen LogP contribution is -2.25. The van der Waals surface area contributed by atoms with Gasteiger partial charge in [-0.25, -0.2) is 4.79 Å². The third kappa shape index (κ3) is 3.06. The van der Waals surface area contributed by atoms with Crippen LogP contribution in [-0.2, 0) is 14.3 Å². The molecular weight excluding hydrogens is 396 g/mol. The van der Waals surface area contributed by atoms with Crippen LogP contribution in [0.1, 0.15) is 25.3 Å².